The fourth-order valence-electron chi connectivity index (χ4n) is 1.17. The standard InChI is InChI=1S/C8H8ClN3O2/c9-7-2-1-6(11-14-5-13)8-10-3-4-12(7)8/h1-4,11,13H,5H2. The van der Waals surface area contributed by atoms with Crippen LogP contribution in [0.5, 0.6) is 0 Å². The van der Waals surface area contributed by atoms with Gasteiger partial charge in [0.2, 0.25) is 0 Å². The van der Waals surface area contributed by atoms with E-state index in [2.05, 4.69) is 15.3 Å². The lowest BCUT2D eigenvalue weighted by Gasteiger charge is -2.06. The Morgan fingerprint density at radius 2 is 2.43 bits per heavy atom. The fourth-order valence-corrected chi connectivity index (χ4v) is 1.37. The number of aliphatic hydroxyl groups is 1. The minimum Gasteiger partial charge on any atom is -0.368 e. The second-order valence-electron chi connectivity index (χ2n) is 2.57. The third kappa shape index (κ3) is 1.52. The van der Waals surface area contributed by atoms with E-state index in [4.69, 9.17) is 16.7 Å². The van der Waals surface area contributed by atoms with Crippen molar-refractivity contribution < 1.29 is 9.94 Å². The first-order valence-corrected chi connectivity index (χ1v) is 4.31. The van der Waals surface area contributed by atoms with Crippen LogP contribution < -0.4 is 5.48 Å². The van der Waals surface area contributed by atoms with Crippen LogP contribution in [0.2, 0.25) is 5.15 Å². The van der Waals surface area contributed by atoms with Crippen LogP contribution in [0.25, 0.3) is 5.65 Å². The van der Waals surface area contributed by atoms with Gasteiger partial charge in [-0.05, 0) is 12.1 Å². The molecule has 0 atom stereocenters. The Balaban J connectivity index is 2.45. The van der Waals surface area contributed by atoms with Gasteiger partial charge in [0.25, 0.3) is 0 Å². The normalized spacial score (nSPS) is 10.7. The number of nitrogens with zero attached hydrogens (tertiary/aromatic N) is 2. The van der Waals surface area contributed by atoms with Gasteiger partial charge in [0.05, 0.1) is 0 Å². The Morgan fingerprint density at radius 3 is 3.21 bits per heavy atom. The molecule has 2 N–H and O–H groups in total. The fraction of sp³-hybridized carbons (Fsp3) is 0.125. The van der Waals surface area contributed by atoms with E-state index in [-0.39, 0.29) is 0 Å². The highest BCUT2D eigenvalue weighted by Gasteiger charge is 2.04. The smallest absolute Gasteiger partial charge is 0.170 e. The zero-order valence-electron chi connectivity index (χ0n) is 7.14. The molecule has 0 aliphatic carbocycles. The van der Waals surface area contributed by atoms with Crippen molar-refractivity contribution in [2.24, 2.45) is 0 Å². The quantitative estimate of drug-likeness (QED) is 0.458. The largest absolute Gasteiger partial charge is 0.368 e. The molecule has 0 unspecified atom stereocenters. The summed E-state index contributed by atoms with van der Waals surface area (Å²) >= 11 is 5.91. The van der Waals surface area contributed by atoms with Crippen molar-refractivity contribution in [3.8, 4) is 0 Å². The molecular formula is C8H8ClN3O2. The molecule has 14 heavy (non-hydrogen) atoms. The van der Waals surface area contributed by atoms with E-state index >= 15 is 0 Å². The predicted molar refractivity (Wildman–Crippen MR) is 52.0 cm³/mol. The lowest BCUT2D eigenvalue weighted by Crippen LogP contribution is -2.03. The van der Waals surface area contributed by atoms with Gasteiger partial charge in [0.15, 0.2) is 12.4 Å². The zero-order chi connectivity index (χ0) is 9.97. The van der Waals surface area contributed by atoms with Gasteiger partial charge in [-0.15, -0.1) is 0 Å². The molecule has 5 nitrogen and oxygen atoms in total. The molecule has 2 rings (SSSR count). The molecule has 74 valence electrons. The van der Waals surface area contributed by atoms with Crippen LogP contribution in [0.4, 0.5) is 5.69 Å². The number of fused-ring (bicyclic) bond motifs is 1. The molecule has 6 heteroatoms. The molecule has 0 aromatic carbocycles. The maximum atomic E-state index is 8.47. The first kappa shape index (κ1) is 9.26. The van der Waals surface area contributed by atoms with Crippen LogP contribution in [0, 0.1) is 0 Å². The summed E-state index contributed by atoms with van der Waals surface area (Å²) < 4.78 is 1.70. The number of pyridine rings is 1. The average Bonchev–Trinajstić information content (AvgIpc) is 2.66. The highest BCUT2D eigenvalue weighted by Crippen LogP contribution is 2.20. The third-order valence-corrected chi connectivity index (χ3v) is 2.05. The van der Waals surface area contributed by atoms with Crippen molar-refractivity contribution in [2.45, 2.75) is 0 Å². The minimum absolute atomic E-state index is 0.407. The summed E-state index contributed by atoms with van der Waals surface area (Å²) in [6.07, 6.45) is 3.37. The Labute approximate surface area is 84.8 Å². The van der Waals surface area contributed by atoms with Crippen molar-refractivity contribution in [1.29, 1.82) is 0 Å². The molecule has 0 bridgehead atoms. The molecule has 0 saturated heterocycles. The summed E-state index contributed by atoms with van der Waals surface area (Å²) in [4.78, 5) is 8.73. The first-order chi connectivity index (χ1) is 6.83. The lowest BCUT2D eigenvalue weighted by atomic mass is 10.4. The maximum absolute atomic E-state index is 8.47. The number of halogens is 1. The molecule has 2 aromatic heterocycles. The van der Waals surface area contributed by atoms with Crippen LogP contribution in [-0.4, -0.2) is 21.3 Å². The number of aliphatic hydroxyl groups excluding tert-OH is 1. The topological polar surface area (TPSA) is 58.8 Å². The molecule has 0 saturated carbocycles. The van der Waals surface area contributed by atoms with Crippen LogP contribution in [0.1, 0.15) is 0 Å². The van der Waals surface area contributed by atoms with Gasteiger partial charge in [0.1, 0.15) is 10.8 Å². The molecular weight excluding hydrogens is 206 g/mol. The van der Waals surface area contributed by atoms with Crippen molar-refractivity contribution >= 4 is 22.9 Å². The number of rotatable bonds is 3. The summed E-state index contributed by atoms with van der Waals surface area (Å²) in [5.41, 5.74) is 3.85. The number of anilines is 1. The first-order valence-electron chi connectivity index (χ1n) is 3.93. The SMILES string of the molecule is OCONc1ccc(Cl)n2ccnc12. The summed E-state index contributed by atoms with van der Waals surface area (Å²) in [6, 6.07) is 3.43. The Hall–Kier alpha value is -1.30. The third-order valence-electron chi connectivity index (χ3n) is 1.75. The van der Waals surface area contributed by atoms with Crippen molar-refractivity contribution in [2.75, 3.05) is 12.3 Å². The molecule has 2 aromatic rings. The summed E-state index contributed by atoms with van der Waals surface area (Å²) in [6.45, 7) is -0.407. The monoisotopic (exact) mass is 213 g/mol. The van der Waals surface area contributed by atoms with Crippen LogP contribution in [-0.2, 0) is 4.84 Å². The van der Waals surface area contributed by atoms with Crippen LogP contribution >= 0.6 is 11.6 Å². The molecule has 0 radical (unpaired) electrons. The van der Waals surface area contributed by atoms with Crippen molar-refractivity contribution in [1.82, 2.24) is 9.38 Å². The molecule has 0 fully saturated rings. The van der Waals surface area contributed by atoms with Gasteiger partial charge in [-0.3, -0.25) is 9.88 Å². The number of imidazole rings is 1. The molecule has 0 aliphatic heterocycles. The van der Waals surface area contributed by atoms with Gasteiger partial charge in [-0.2, -0.15) is 0 Å². The van der Waals surface area contributed by atoms with Crippen LogP contribution in [0.15, 0.2) is 24.5 Å². The molecule has 2 heterocycles. The van der Waals surface area contributed by atoms with Gasteiger partial charge in [-0.25, -0.2) is 9.82 Å². The summed E-state index contributed by atoms with van der Waals surface area (Å²) in [7, 11) is 0. The number of hydrogen-bond acceptors (Lipinski definition) is 4. The van der Waals surface area contributed by atoms with Gasteiger partial charge < -0.3 is 5.11 Å². The van der Waals surface area contributed by atoms with Gasteiger partial charge >= 0.3 is 0 Å². The van der Waals surface area contributed by atoms with Crippen molar-refractivity contribution in [3.63, 3.8) is 0 Å². The number of nitrogens with one attached hydrogen (secondary N) is 1. The maximum Gasteiger partial charge on any atom is 0.170 e. The molecule has 0 spiro atoms. The Morgan fingerprint density at radius 1 is 1.57 bits per heavy atom. The minimum atomic E-state index is -0.407. The van der Waals surface area contributed by atoms with E-state index in [1.54, 1.807) is 28.9 Å². The predicted octanol–water partition coefficient (Wildman–Crippen LogP) is 1.28. The highest BCUT2D eigenvalue weighted by atomic mass is 35.5. The van der Waals surface area contributed by atoms with E-state index in [1.807, 2.05) is 0 Å². The second-order valence-corrected chi connectivity index (χ2v) is 2.95. The summed E-state index contributed by atoms with van der Waals surface area (Å²) in [5, 5.41) is 9.03. The molecule has 0 aliphatic rings. The lowest BCUT2D eigenvalue weighted by molar-refractivity contribution is 0.0310. The zero-order valence-corrected chi connectivity index (χ0v) is 7.90. The average molecular weight is 214 g/mol. The van der Waals surface area contributed by atoms with E-state index in [0.717, 1.165) is 0 Å². The van der Waals surface area contributed by atoms with E-state index in [1.165, 1.54) is 0 Å². The Kier molecular flexibility index (Phi) is 2.53. The Bertz CT molecular complexity index is 443. The van der Waals surface area contributed by atoms with Gasteiger partial charge in [0, 0.05) is 12.4 Å². The summed E-state index contributed by atoms with van der Waals surface area (Å²) in [5.74, 6) is 0. The highest BCUT2D eigenvalue weighted by molar-refractivity contribution is 6.29. The van der Waals surface area contributed by atoms with Crippen LogP contribution in [0.3, 0.4) is 0 Å². The van der Waals surface area contributed by atoms with E-state index < -0.39 is 6.79 Å². The van der Waals surface area contributed by atoms with E-state index in [0.29, 0.717) is 16.5 Å². The van der Waals surface area contributed by atoms with Crippen molar-refractivity contribution in [3.05, 3.63) is 29.7 Å². The van der Waals surface area contributed by atoms with Gasteiger partial charge in [-0.1, -0.05) is 11.6 Å². The number of aromatic nitrogens is 2. The molecule has 0 amide bonds. The van der Waals surface area contributed by atoms with E-state index in [9.17, 15) is 0 Å². The second kappa shape index (κ2) is 3.83. The number of hydrogen-bond donors (Lipinski definition) is 2.